The van der Waals surface area contributed by atoms with E-state index in [1.807, 2.05) is 12.1 Å². The Kier molecular flexibility index (Phi) is 4.69. The van der Waals surface area contributed by atoms with Crippen LogP contribution in [0.2, 0.25) is 0 Å². The van der Waals surface area contributed by atoms with Crippen LogP contribution in [0.5, 0.6) is 0 Å². The Labute approximate surface area is 101 Å². The van der Waals surface area contributed by atoms with Crippen LogP contribution in [0.25, 0.3) is 0 Å². The zero-order valence-corrected chi connectivity index (χ0v) is 10.1. The molecular weight excluding hydrogens is 218 g/mol. The lowest BCUT2D eigenvalue weighted by molar-refractivity contribution is -0.148. The highest BCUT2D eigenvalue weighted by Crippen LogP contribution is 2.15. The van der Waals surface area contributed by atoms with Gasteiger partial charge in [-0.05, 0) is 31.5 Å². The van der Waals surface area contributed by atoms with Crippen LogP contribution in [-0.4, -0.2) is 29.9 Å². The van der Waals surface area contributed by atoms with E-state index in [-0.39, 0.29) is 6.42 Å². The summed E-state index contributed by atoms with van der Waals surface area (Å²) in [6, 6.07) is 7.43. The minimum atomic E-state index is -1.38. The summed E-state index contributed by atoms with van der Waals surface area (Å²) in [5.41, 5.74) is 1.81. The highest BCUT2D eigenvalue weighted by molar-refractivity contribution is 6.33. The van der Waals surface area contributed by atoms with Gasteiger partial charge in [0.1, 0.15) is 0 Å². The van der Waals surface area contributed by atoms with Crippen LogP contribution in [0, 0.1) is 0 Å². The molecule has 0 aromatic heterocycles. The number of aliphatic carboxylic acids is 1. The molecule has 0 unspecified atom stereocenters. The Hall–Kier alpha value is -1.84. The van der Waals surface area contributed by atoms with E-state index in [2.05, 4.69) is 18.7 Å². The number of rotatable bonds is 6. The van der Waals surface area contributed by atoms with Gasteiger partial charge in [0.2, 0.25) is 5.78 Å². The normalized spacial score (nSPS) is 10.0. The van der Waals surface area contributed by atoms with E-state index in [0.29, 0.717) is 0 Å². The van der Waals surface area contributed by atoms with Crippen molar-refractivity contribution in [2.24, 2.45) is 0 Å². The van der Waals surface area contributed by atoms with Gasteiger partial charge in [-0.25, -0.2) is 4.79 Å². The molecule has 0 radical (unpaired) electrons. The van der Waals surface area contributed by atoms with Gasteiger partial charge in [-0.2, -0.15) is 0 Å². The van der Waals surface area contributed by atoms with Gasteiger partial charge in [-0.1, -0.05) is 12.1 Å². The van der Waals surface area contributed by atoms with E-state index in [1.165, 1.54) is 0 Å². The molecule has 0 fully saturated rings. The molecule has 1 rings (SSSR count). The summed E-state index contributed by atoms with van der Waals surface area (Å²) in [4.78, 5) is 23.6. The maximum atomic E-state index is 11.0. The molecule has 0 saturated carbocycles. The SMILES string of the molecule is CCN(CC)c1ccc(CC(=O)C(=O)O)cc1. The molecule has 4 nitrogen and oxygen atoms in total. The van der Waals surface area contributed by atoms with Crippen LogP contribution in [-0.2, 0) is 16.0 Å². The molecule has 1 aromatic carbocycles. The molecule has 0 aliphatic rings. The average Bonchev–Trinajstić information content (AvgIpc) is 2.32. The monoisotopic (exact) mass is 235 g/mol. The smallest absolute Gasteiger partial charge is 0.372 e. The minimum absolute atomic E-state index is 0.0478. The van der Waals surface area contributed by atoms with E-state index in [4.69, 9.17) is 5.11 Å². The quantitative estimate of drug-likeness (QED) is 0.763. The van der Waals surface area contributed by atoms with Crippen molar-refractivity contribution in [3.8, 4) is 0 Å². The minimum Gasteiger partial charge on any atom is -0.475 e. The van der Waals surface area contributed by atoms with Gasteiger partial charge in [-0.15, -0.1) is 0 Å². The van der Waals surface area contributed by atoms with Gasteiger partial charge in [0, 0.05) is 25.2 Å². The molecule has 0 amide bonds. The molecule has 0 saturated heterocycles. The largest absolute Gasteiger partial charge is 0.475 e. The molecule has 0 heterocycles. The average molecular weight is 235 g/mol. The molecule has 1 N–H and O–H groups in total. The predicted octanol–water partition coefficient (Wildman–Crippen LogP) is 1.73. The summed E-state index contributed by atoms with van der Waals surface area (Å²) >= 11 is 0. The van der Waals surface area contributed by atoms with Crippen LogP contribution in [0.15, 0.2) is 24.3 Å². The number of anilines is 1. The lowest BCUT2D eigenvalue weighted by atomic mass is 10.1. The number of hydrogen-bond donors (Lipinski definition) is 1. The standard InChI is InChI=1S/C13H17NO3/c1-3-14(4-2)11-7-5-10(6-8-11)9-12(15)13(16)17/h5-8H,3-4,9H2,1-2H3,(H,16,17). The van der Waals surface area contributed by atoms with Crippen molar-refractivity contribution < 1.29 is 14.7 Å². The first-order valence-electron chi connectivity index (χ1n) is 5.68. The lowest BCUT2D eigenvalue weighted by Crippen LogP contribution is -2.21. The van der Waals surface area contributed by atoms with Crippen LogP contribution in [0.4, 0.5) is 5.69 Å². The second-order valence-electron chi connectivity index (χ2n) is 3.74. The molecular formula is C13H17NO3. The van der Waals surface area contributed by atoms with Gasteiger partial charge in [0.25, 0.3) is 0 Å². The Bertz CT molecular complexity index is 394. The molecule has 0 aliphatic carbocycles. The molecule has 92 valence electrons. The molecule has 4 heteroatoms. The number of carbonyl (C=O) groups excluding carboxylic acids is 1. The topological polar surface area (TPSA) is 57.6 Å². The number of carboxylic acid groups (broad SMARTS) is 1. The first-order chi connectivity index (χ1) is 8.08. The van der Waals surface area contributed by atoms with E-state index in [0.717, 1.165) is 24.3 Å². The van der Waals surface area contributed by atoms with Crippen molar-refractivity contribution in [1.82, 2.24) is 0 Å². The van der Waals surface area contributed by atoms with Gasteiger partial charge >= 0.3 is 5.97 Å². The van der Waals surface area contributed by atoms with Crippen molar-refractivity contribution in [1.29, 1.82) is 0 Å². The van der Waals surface area contributed by atoms with Gasteiger partial charge < -0.3 is 10.0 Å². The summed E-state index contributed by atoms with van der Waals surface area (Å²) in [5.74, 6) is -2.15. The summed E-state index contributed by atoms with van der Waals surface area (Å²) < 4.78 is 0. The molecule has 17 heavy (non-hydrogen) atoms. The lowest BCUT2D eigenvalue weighted by Gasteiger charge is -2.21. The molecule has 0 bridgehead atoms. The Morgan fingerprint density at radius 3 is 2.06 bits per heavy atom. The fourth-order valence-electron chi connectivity index (χ4n) is 1.67. The van der Waals surface area contributed by atoms with Crippen molar-refractivity contribution in [3.05, 3.63) is 29.8 Å². The van der Waals surface area contributed by atoms with E-state index in [9.17, 15) is 9.59 Å². The zero-order chi connectivity index (χ0) is 12.8. The van der Waals surface area contributed by atoms with Crippen molar-refractivity contribution >= 4 is 17.4 Å². The van der Waals surface area contributed by atoms with E-state index >= 15 is 0 Å². The van der Waals surface area contributed by atoms with E-state index < -0.39 is 11.8 Å². The molecule has 0 aliphatic heterocycles. The van der Waals surface area contributed by atoms with Gasteiger partial charge in [-0.3, -0.25) is 4.79 Å². The van der Waals surface area contributed by atoms with Crippen LogP contribution < -0.4 is 4.90 Å². The number of nitrogens with zero attached hydrogens (tertiary/aromatic N) is 1. The fraction of sp³-hybridized carbons (Fsp3) is 0.385. The third-order valence-electron chi connectivity index (χ3n) is 2.67. The zero-order valence-electron chi connectivity index (χ0n) is 10.1. The second-order valence-corrected chi connectivity index (χ2v) is 3.74. The third kappa shape index (κ3) is 3.59. The summed E-state index contributed by atoms with van der Waals surface area (Å²) in [5, 5.41) is 8.50. The van der Waals surface area contributed by atoms with Crippen molar-refractivity contribution in [3.63, 3.8) is 0 Å². The maximum Gasteiger partial charge on any atom is 0.372 e. The molecule has 0 atom stereocenters. The number of hydrogen-bond acceptors (Lipinski definition) is 3. The van der Waals surface area contributed by atoms with Crippen molar-refractivity contribution in [2.45, 2.75) is 20.3 Å². The van der Waals surface area contributed by atoms with E-state index in [1.54, 1.807) is 12.1 Å². The van der Waals surface area contributed by atoms with Crippen molar-refractivity contribution in [2.75, 3.05) is 18.0 Å². The third-order valence-corrected chi connectivity index (χ3v) is 2.67. The number of benzene rings is 1. The highest BCUT2D eigenvalue weighted by atomic mass is 16.4. The Balaban J connectivity index is 2.74. The van der Waals surface area contributed by atoms with Gasteiger partial charge in [0.15, 0.2) is 0 Å². The van der Waals surface area contributed by atoms with Crippen LogP contribution >= 0.6 is 0 Å². The highest BCUT2D eigenvalue weighted by Gasteiger charge is 2.12. The first-order valence-corrected chi connectivity index (χ1v) is 5.68. The number of ketones is 1. The number of carbonyl (C=O) groups is 2. The maximum absolute atomic E-state index is 11.0. The first kappa shape index (κ1) is 13.2. The Morgan fingerprint density at radius 1 is 1.12 bits per heavy atom. The van der Waals surface area contributed by atoms with Gasteiger partial charge in [0.05, 0.1) is 0 Å². The number of carboxylic acids is 1. The predicted molar refractivity (Wildman–Crippen MR) is 66.3 cm³/mol. The number of Topliss-reactive ketones (excluding diaryl/α,β-unsaturated/α-hetero) is 1. The Morgan fingerprint density at radius 2 is 1.65 bits per heavy atom. The summed E-state index contributed by atoms with van der Waals surface area (Å²) in [6.07, 6.45) is -0.0478. The molecule has 0 spiro atoms. The fourth-order valence-corrected chi connectivity index (χ4v) is 1.67. The second kappa shape index (κ2) is 6.03. The van der Waals surface area contributed by atoms with Crippen LogP contribution in [0.3, 0.4) is 0 Å². The van der Waals surface area contributed by atoms with Crippen LogP contribution in [0.1, 0.15) is 19.4 Å². The molecule has 1 aromatic rings. The summed E-state index contributed by atoms with van der Waals surface area (Å²) in [7, 11) is 0. The summed E-state index contributed by atoms with van der Waals surface area (Å²) in [6.45, 7) is 5.99.